The Morgan fingerprint density at radius 2 is 1.78 bits per heavy atom. The molecular formula is C27H32N4O6. The first-order valence-electron chi connectivity index (χ1n) is 12.5. The lowest BCUT2D eigenvalue weighted by atomic mass is 10.0. The third kappa shape index (κ3) is 4.98. The van der Waals surface area contributed by atoms with Crippen LogP contribution in [0.2, 0.25) is 0 Å². The van der Waals surface area contributed by atoms with Crippen molar-refractivity contribution in [2.45, 2.75) is 44.9 Å². The van der Waals surface area contributed by atoms with Crippen molar-refractivity contribution in [3.8, 4) is 11.1 Å². The average Bonchev–Trinajstić information content (AvgIpc) is 3.17. The van der Waals surface area contributed by atoms with Crippen LogP contribution >= 0.6 is 0 Å². The maximum atomic E-state index is 12.6. The van der Waals surface area contributed by atoms with Gasteiger partial charge in [-0.15, -0.1) is 0 Å². The van der Waals surface area contributed by atoms with Gasteiger partial charge in [-0.25, -0.2) is 9.59 Å². The van der Waals surface area contributed by atoms with Gasteiger partial charge in [0.25, 0.3) is 0 Å². The zero-order chi connectivity index (χ0) is 26.4. The molecule has 0 bridgehead atoms. The van der Waals surface area contributed by atoms with E-state index in [1.54, 1.807) is 11.1 Å². The first kappa shape index (κ1) is 25.0. The van der Waals surface area contributed by atoms with Crippen molar-refractivity contribution in [3.63, 3.8) is 0 Å². The number of cyclic esters (lactones) is 1. The van der Waals surface area contributed by atoms with Crippen molar-refractivity contribution in [2.75, 3.05) is 31.2 Å². The van der Waals surface area contributed by atoms with E-state index < -0.39 is 23.3 Å². The Hall–Kier alpha value is -3.66. The molecule has 0 radical (unpaired) electrons. The van der Waals surface area contributed by atoms with E-state index in [0.717, 1.165) is 22.5 Å². The van der Waals surface area contributed by atoms with Crippen molar-refractivity contribution in [3.05, 3.63) is 48.3 Å². The standard InChI is InChI=1S/C27H32N4O6/c1-16(32)28-12-20-13-31(25(34)36-20)19-8-5-17(6-9-19)18-7-10-23(29-11-18)27(21-14-35-15-22(21)27)30-24(33)37-26(2,3)4/h5-11,20-22H,12-15H2,1-4H3,(H,28,32)(H,30,33)/t20-,21?,22?,27?/m0/s1. The smallest absolute Gasteiger partial charge is 0.414 e. The lowest BCUT2D eigenvalue weighted by Gasteiger charge is -2.26. The van der Waals surface area contributed by atoms with Crippen molar-refractivity contribution in [1.29, 1.82) is 0 Å². The highest BCUT2D eigenvalue weighted by Gasteiger charge is 2.70. The van der Waals surface area contributed by atoms with Gasteiger partial charge in [0.1, 0.15) is 11.7 Å². The van der Waals surface area contributed by atoms with E-state index in [1.165, 1.54) is 6.92 Å². The van der Waals surface area contributed by atoms with Crippen LogP contribution in [-0.2, 0) is 24.5 Å². The number of nitrogens with one attached hydrogen (secondary N) is 2. The zero-order valence-corrected chi connectivity index (χ0v) is 21.4. The molecule has 10 heteroatoms. The summed E-state index contributed by atoms with van der Waals surface area (Å²) in [6, 6.07) is 11.5. The van der Waals surface area contributed by atoms with Crippen LogP contribution in [0.15, 0.2) is 42.6 Å². The second-order valence-corrected chi connectivity index (χ2v) is 10.8. The van der Waals surface area contributed by atoms with Crippen molar-refractivity contribution < 1.29 is 28.6 Å². The second kappa shape index (κ2) is 9.33. The number of ether oxygens (including phenoxy) is 3. The molecule has 2 aromatic rings. The third-order valence-corrected chi connectivity index (χ3v) is 7.00. The van der Waals surface area contributed by atoms with E-state index >= 15 is 0 Å². The minimum Gasteiger partial charge on any atom is -0.444 e. The number of aromatic nitrogens is 1. The first-order valence-corrected chi connectivity index (χ1v) is 12.5. The fourth-order valence-electron chi connectivity index (χ4n) is 5.20. The van der Waals surface area contributed by atoms with E-state index in [1.807, 2.05) is 57.2 Å². The van der Waals surface area contributed by atoms with Crippen LogP contribution in [0.4, 0.5) is 15.3 Å². The number of amides is 3. The number of alkyl carbamates (subject to hydrolysis) is 1. The van der Waals surface area contributed by atoms with Crippen LogP contribution in [0.25, 0.3) is 11.1 Å². The van der Waals surface area contributed by atoms with Crippen LogP contribution in [0.3, 0.4) is 0 Å². The van der Waals surface area contributed by atoms with Crippen LogP contribution in [0.1, 0.15) is 33.4 Å². The highest BCUT2D eigenvalue weighted by atomic mass is 16.6. The molecule has 3 heterocycles. The largest absolute Gasteiger partial charge is 0.444 e. The topological polar surface area (TPSA) is 119 Å². The summed E-state index contributed by atoms with van der Waals surface area (Å²) in [6.07, 6.45) is 0.520. The molecule has 10 nitrogen and oxygen atoms in total. The summed E-state index contributed by atoms with van der Waals surface area (Å²) in [4.78, 5) is 42.3. The molecule has 3 atom stereocenters. The monoisotopic (exact) mass is 508 g/mol. The Morgan fingerprint density at radius 1 is 1.11 bits per heavy atom. The molecule has 2 saturated heterocycles. The van der Waals surface area contributed by atoms with Crippen molar-refractivity contribution >= 4 is 23.8 Å². The van der Waals surface area contributed by atoms with Gasteiger partial charge < -0.3 is 24.8 Å². The summed E-state index contributed by atoms with van der Waals surface area (Å²) in [5.74, 6) is 0.183. The highest BCUT2D eigenvalue weighted by Crippen LogP contribution is 2.60. The SMILES string of the molecule is CC(=O)NC[C@H]1CN(c2ccc(-c3ccc(C4(NC(=O)OC(C)(C)C)C5COCC54)nc3)cc2)C(=O)O1. The molecule has 2 aliphatic heterocycles. The number of anilines is 1. The molecule has 1 aliphatic carbocycles. The molecule has 2 N–H and O–H groups in total. The molecule has 5 rings (SSSR count). The summed E-state index contributed by atoms with van der Waals surface area (Å²) in [7, 11) is 0. The van der Waals surface area contributed by atoms with Gasteiger partial charge in [-0.1, -0.05) is 18.2 Å². The molecule has 37 heavy (non-hydrogen) atoms. The normalized spacial score (nSPS) is 26.3. The van der Waals surface area contributed by atoms with Gasteiger partial charge in [0.2, 0.25) is 5.91 Å². The van der Waals surface area contributed by atoms with Gasteiger partial charge >= 0.3 is 12.2 Å². The molecule has 3 fully saturated rings. The predicted molar refractivity (Wildman–Crippen MR) is 135 cm³/mol. The van der Waals surface area contributed by atoms with Crippen LogP contribution in [0, 0.1) is 11.8 Å². The Morgan fingerprint density at radius 3 is 2.38 bits per heavy atom. The lowest BCUT2D eigenvalue weighted by Crippen LogP contribution is -2.43. The number of benzene rings is 1. The molecule has 3 aliphatic rings. The van der Waals surface area contributed by atoms with Crippen LogP contribution < -0.4 is 15.5 Å². The van der Waals surface area contributed by atoms with Gasteiger partial charge in [0.05, 0.1) is 37.5 Å². The maximum absolute atomic E-state index is 12.6. The molecule has 3 amide bonds. The molecule has 1 saturated carbocycles. The van der Waals surface area contributed by atoms with E-state index in [2.05, 4.69) is 10.6 Å². The van der Waals surface area contributed by atoms with Gasteiger partial charge in [-0.05, 0) is 44.5 Å². The molecule has 0 spiro atoms. The predicted octanol–water partition coefficient (Wildman–Crippen LogP) is 3.21. The van der Waals surface area contributed by atoms with E-state index in [9.17, 15) is 14.4 Å². The maximum Gasteiger partial charge on any atom is 0.414 e. The second-order valence-electron chi connectivity index (χ2n) is 10.8. The quantitative estimate of drug-likeness (QED) is 0.615. The summed E-state index contributed by atoms with van der Waals surface area (Å²) >= 11 is 0. The van der Waals surface area contributed by atoms with Crippen molar-refractivity contribution in [2.24, 2.45) is 11.8 Å². The van der Waals surface area contributed by atoms with Crippen molar-refractivity contribution in [1.82, 2.24) is 15.6 Å². The number of hydrogen-bond acceptors (Lipinski definition) is 7. The van der Waals surface area contributed by atoms with Crippen LogP contribution in [-0.4, -0.2) is 61.1 Å². The highest BCUT2D eigenvalue weighted by molar-refractivity contribution is 5.90. The number of carbonyl (C=O) groups is 3. The average molecular weight is 509 g/mol. The van der Waals surface area contributed by atoms with E-state index in [-0.39, 0.29) is 30.4 Å². The number of rotatable bonds is 6. The van der Waals surface area contributed by atoms with E-state index in [4.69, 9.17) is 19.2 Å². The fourth-order valence-corrected chi connectivity index (χ4v) is 5.20. The summed E-state index contributed by atoms with van der Waals surface area (Å²) in [5.41, 5.74) is 2.20. The van der Waals surface area contributed by atoms with Crippen LogP contribution in [0.5, 0.6) is 0 Å². The molecule has 1 aromatic carbocycles. The molecule has 2 unspecified atom stereocenters. The lowest BCUT2D eigenvalue weighted by molar-refractivity contribution is -0.119. The first-order chi connectivity index (χ1) is 17.6. The number of hydrogen-bond donors (Lipinski definition) is 2. The molecule has 1 aromatic heterocycles. The number of fused-ring (bicyclic) bond motifs is 1. The number of pyridine rings is 1. The summed E-state index contributed by atoms with van der Waals surface area (Å²) in [6.45, 7) is 8.75. The third-order valence-electron chi connectivity index (χ3n) is 7.00. The van der Waals surface area contributed by atoms with Gasteiger partial charge in [-0.3, -0.25) is 14.7 Å². The van der Waals surface area contributed by atoms with Gasteiger partial charge in [-0.2, -0.15) is 0 Å². The molecule has 196 valence electrons. The minimum atomic E-state index is -0.590. The Balaban J connectivity index is 1.28. The van der Waals surface area contributed by atoms with Gasteiger partial charge in [0, 0.05) is 36.2 Å². The Bertz CT molecular complexity index is 1180. The number of nitrogens with zero attached hydrogens (tertiary/aromatic N) is 2. The van der Waals surface area contributed by atoms with Gasteiger partial charge in [0.15, 0.2) is 0 Å². The van der Waals surface area contributed by atoms with E-state index in [0.29, 0.717) is 19.8 Å². The fraction of sp³-hybridized carbons (Fsp3) is 0.481. The summed E-state index contributed by atoms with van der Waals surface area (Å²) < 4.78 is 16.4. The molecular weight excluding hydrogens is 476 g/mol. The Kier molecular flexibility index (Phi) is 6.31. The number of carbonyl (C=O) groups excluding carboxylic acids is 3. The zero-order valence-electron chi connectivity index (χ0n) is 21.4. The minimum absolute atomic E-state index is 0.164. The Labute approximate surface area is 215 Å². The summed E-state index contributed by atoms with van der Waals surface area (Å²) in [5, 5.41) is 5.76.